The van der Waals surface area contributed by atoms with Crippen molar-refractivity contribution < 1.29 is 9.53 Å². The molecule has 78 valence electrons. The van der Waals surface area contributed by atoms with Crippen LogP contribution in [0.5, 0.6) is 0 Å². The van der Waals surface area contributed by atoms with E-state index in [0.29, 0.717) is 12.3 Å². The molecular weight excluding hydrogens is 192 g/mol. The van der Waals surface area contributed by atoms with Crippen molar-refractivity contribution in [2.75, 3.05) is 6.54 Å². The van der Waals surface area contributed by atoms with Crippen LogP contribution in [-0.4, -0.2) is 28.9 Å². The molecule has 0 aliphatic carbocycles. The van der Waals surface area contributed by atoms with Crippen molar-refractivity contribution in [2.45, 2.75) is 13.1 Å². The summed E-state index contributed by atoms with van der Waals surface area (Å²) >= 11 is 0. The summed E-state index contributed by atoms with van der Waals surface area (Å²) in [5.41, 5.74) is 1.49. The first-order valence-corrected chi connectivity index (χ1v) is 4.81. The molecule has 1 aromatic carbocycles. The molecule has 1 atom stereocenters. The quantitative estimate of drug-likeness (QED) is 0.564. The number of rotatable bonds is 2. The highest BCUT2D eigenvalue weighted by atomic mass is 16.5. The Morgan fingerprint density at radius 1 is 1.47 bits per heavy atom. The van der Waals surface area contributed by atoms with Crippen LogP contribution in [-0.2, 0) is 4.79 Å². The molecule has 1 N–H and O–H groups in total. The van der Waals surface area contributed by atoms with Gasteiger partial charge in [-0.1, -0.05) is 18.2 Å². The highest BCUT2D eigenvalue weighted by Gasteiger charge is 2.32. The summed E-state index contributed by atoms with van der Waals surface area (Å²) in [6.07, 6.45) is -0.722. The third-order valence-electron chi connectivity index (χ3n) is 2.46. The molecule has 0 amide bonds. The number of hydrogen-bond acceptors (Lipinski definition) is 3. The Morgan fingerprint density at radius 2 is 2.13 bits per heavy atom. The largest absolute Gasteiger partial charge is 0.622 e. The molecule has 0 saturated carbocycles. The van der Waals surface area contributed by atoms with E-state index in [4.69, 9.17) is 0 Å². The van der Waals surface area contributed by atoms with Crippen molar-refractivity contribution in [3.63, 3.8) is 0 Å². The summed E-state index contributed by atoms with van der Waals surface area (Å²) in [6, 6.07) is 9.37. The molecule has 1 aromatic rings. The van der Waals surface area contributed by atoms with Gasteiger partial charge in [-0.3, -0.25) is 4.79 Å². The molecule has 1 aliphatic heterocycles. The lowest BCUT2D eigenvalue weighted by molar-refractivity contribution is -0.481. The number of benzene rings is 1. The summed E-state index contributed by atoms with van der Waals surface area (Å²) in [6.45, 7) is 1.86. The van der Waals surface area contributed by atoms with Gasteiger partial charge in [0.05, 0.1) is 6.54 Å². The van der Waals surface area contributed by atoms with E-state index >= 15 is 0 Å². The Hall–Kier alpha value is -1.68. The van der Waals surface area contributed by atoms with Gasteiger partial charge in [0.15, 0.2) is 0 Å². The molecule has 0 bridgehead atoms. The first kappa shape index (κ1) is 9.86. The topological polar surface area (TPSA) is 55.2 Å². The molecule has 1 unspecified atom stereocenters. The van der Waals surface area contributed by atoms with E-state index in [0.717, 1.165) is 10.3 Å². The van der Waals surface area contributed by atoms with Crippen molar-refractivity contribution in [3.05, 3.63) is 41.1 Å². The highest BCUT2D eigenvalue weighted by molar-refractivity contribution is 6.00. The highest BCUT2D eigenvalue weighted by Crippen LogP contribution is 2.07. The van der Waals surface area contributed by atoms with E-state index in [9.17, 15) is 10.0 Å². The minimum atomic E-state index is -0.722. The Kier molecular flexibility index (Phi) is 2.51. The van der Waals surface area contributed by atoms with Gasteiger partial charge in [0.25, 0.3) is 6.17 Å². The molecule has 4 heteroatoms. The Morgan fingerprint density at radius 3 is 2.67 bits per heavy atom. The molecule has 4 nitrogen and oxygen atoms in total. The second-order valence-electron chi connectivity index (χ2n) is 3.53. The van der Waals surface area contributed by atoms with Crippen LogP contribution in [0.3, 0.4) is 0 Å². The van der Waals surface area contributed by atoms with E-state index in [-0.39, 0.29) is 5.78 Å². The number of carbonyl (C=O) groups excluding carboxylic acids is 1. The average Bonchev–Trinajstić information content (AvgIpc) is 2.61. The lowest BCUT2D eigenvalue weighted by Crippen LogP contribution is -2.36. The summed E-state index contributed by atoms with van der Waals surface area (Å²) in [5, 5.41) is 14.6. The van der Waals surface area contributed by atoms with Crippen LogP contribution in [0.2, 0.25) is 0 Å². The van der Waals surface area contributed by atoms with E-state index in [1.165, 1.54) is 6.92 Å². The summed E-state index contributed by atoms with van der Waals surface area (Å²) in [4.78, 5) is 11.1. The van der Waals surface area contributed by atoms with Gasteiger partial charge in [-0.15, -0.1) is 0 Å². The molecule has 1 aliphatic rings. The smallest absolute Gasteiger partial charge is 0.276 e. The van der Waals surface area contributed by atoms with Gasteiger partial charge in [0.2, 0.25) is 11.5 Å². The summed E-state index contributed by atoms with van der Waals surface area (Å²) in [7, 11) is 0. The average molecular weight is 204 g/mol. The van der Waals surface area contributed by atoms with E-state index in [2.05, 4.69) is 5.32 Å². The van der Waals surface area contributed by atoms with E-state index < -0.39 is 6.17 Å². The standard InChI is InChI=1S/C11H12N2O2/c1-8(14)11-12-7-10(13(11)15)9-5-3-2-4-6-9/h2-6,11-12H,7H2,1H3. The lowest BCUT2D eigenvalue weighted by atomic mass is 10.1. The monoisotopic (exact) mass is 204 g/mol. The normalized spacial score (nSPS) is 20.7. The number of Topliss-reactive ketones (excluding diaryl/α,β-unsaturated/α-hetero) is 1. The van der Waals surface area contributed by atoms with E-state index in [1.54, 1.807) is 0 Å². The predicted molar refractivity (Wildman–Crippen MR) is 56.7 cm³/mol. The van der Waals surface area contributed by atoms with Crippen LogP contribution >= 0.6 is 0 Å². The lowest BCUT2D eigenvalue weighted by Gasteiger charge is -2.07. The van der Waals surface area contributed by atoms with Crippen molar-refractivity contribution >= 4 is 11.5 Å². The number of hydroxylamine groups is 1. The Labute approximate surface area is 87.8 Å². The minimum Gasteiger partial charge on any atom is -0.622 e. The maximum absolute atomic E-state index is 11.7. The maximum atomic E-state index is 11.7. The van der Waals surface area contributed by atoms with Crippen LogP contribution in [0.15, 0.2) is 30.3 Å². The van der Waals surface area contributed by atoms with Gasteiger partial charge in [0.1, 0.15) is 0 Å². The van der Waals surface area contributed by atoms with Crippen LogP contribution < -0.4 is 5.32 Å². The Balaban J connectivity index is 2.35. The van der Waals surface area contributed by atoms with Gasteiger partial charge in [-0.05, 0) is 12.1 Å². The van der Waals surface area contributed by atoms with E-state index in [1.807, 2.05) is 30.3 Å². The molecule has 2 rings (SSSR count). The first-order valence-electron chi connectivity index (χ1n) is 4.81. The summed E-state index contributed by atoms with van der Waals surface area (Å²) in [5.74, 6) is -0.157. The van der Waals surface area contributed by atoms with Crippen molar-refractivity contribution in [2.24, 2.45) is 0 Å². The fraction of sp³-hybridized carbons (Fsp3) is 0.273. The Bertz CT molecular complexity index is 412. The van der Waals surface area contributed by atoms with Crippen LogP contribution in [0.1, 0.15) is 12.5 Å². The van der Waals surface area contributed by atoms with Gasteiger partial charge in [-0.2, -0.15) is 4.74 Å². The molecule has 0 spiro atoms. The third-order valence-corrected chi connectivity index (χ3v) is 2.46. The van der Waals surface area contributed by atoms with Crippen molar-refractivity contribution in [1.29, 1.82) is 0 Å². The van der Waals surface area contributed by atoms with Crippen LogP contribution in [0, 0.1) is 5.21 Å². The fourth-order valence-corrected chi connectivity index (χ4v) is 1.68. The second-order valence-corrected chi connectivity index (χ2v) is 3.53. The number of ketones is 1. The number of hydrogen-bond donors (Lipinski definition) is 1. The third kappa shape index (κ3) is 1.76. The molecule has 0 fully saturated rings. The first-order chi connectivity index (χ1) is 7.20. The van der Waals surface area contributed by atoms with Gasteiger partial charge >= 0.3 is 0 Å². The van der Waals surface area contributed by atoms with Gasteiger partial charge in [-0.25, -0.2) is 5.32 Å². The van der Waals surface area contributed by atoms with Crippen LogP contribution in [0.25, 0.3) is 0 Å². The second kappa shape index (κ2) is 3.82. The number of carbonyl (C=O) groups is 1. The zero-order valence-electron chi connectivity index (χ0n) is 8.43. The zero-order valence-corrected chi connectivity index (χ0v) is 8.43. The van der Waals surface area contributed by atoms with Gasteiger partial charge in [0, 0.05) is 12.5 Å². The zero-order chi connectivity index (χ0) is 10.8. The molecule has 0 saturated heterocycles. The molecule has 15 heavy (non-hydrogen) atoms. The fourth-order valence-electron chi connectivity index (χ4n) is 1.68. The molecule has 0 aromatic heterocycles. The summed E-state index contributed by atoms with van der Waals surface area (Å²) < 4.78 is 0.762. The SMILES string of the molecule is CC(=O)C1NCC(c2ccccc2)=[N+]1[O-]. The number of nitrogens with one attached hydrogen (secondary N) is 1. The molecule has 0 radical (unpaired) electrons. The maximum Gasteiger partial charge on any atom is 0.276 e. The van der Waals surface area contributed by atoms with Crippen molar-refractivity contribution in [1.82, 2.24) is 5.32 Å². The molecular formula is C11H12N2O2. The van der Waals surface area contributed by atoms with Crippen molar-refractivity contribution in [3.8, 4) is 0 Å². The molecule has 1 heterocycles. The van der Waals surface area contributed by atoms with Gasteiger partial charge < -0.3 is 5.21 Å². The minimum absolute atomic E-state index is 0.157. The number of nitrogens with zero attached hydrogens (tertiary/aromatic N) is 1. The predicted octanol–water partition coefficient (Wildman–Crippen LogP) is 0.504. The van der Waals surface area contributed by atoms with Crippen LogP contribution in [0.4, 0.5) is 0 Å².